The molecule has 1 heterocycles. The van der Waals surface area contributed by atoms with Crippen molar-refractivity contribution in [2.75, 3.05) is 18.4 Å². The molecule has 0 radical (unpaired) electrons. The Hall–Kier alpha value is -2.11. The molecular weight excluding hydrogens is 263 g/mol. The Morgan fingerprint density at radius 2 is 2.25 bits per heavy atom. The van der Waals surface area contributed by atoms with Gasteiger partial charge in [-0.1, -0.05) is 13.3 Å². The van der Waals surface area contributed by atoms with Crippen molar-refractivity contribution in [2.24, 2.45) is 5.92 Å². The Morgan fingerprint density at radius 1 is 1.50 bits per heavy atom. The summed E-state index contributed by atoms with van der Waals surface area (Å²) < 4.78 is 13.3. The minimum atomic E-state index is -1.36. The van der Waals surface area contributed by atoms with E-state index in [1.165, 1.54) is 6.07 Å². The first-order valence-electron chi connectivity index (χ1n) is 6.60. The van der Waals surface area contributed by atoms with Gasteiger partial charge in [0.05, 0.1) is 5.56 Å². The van der Waals surface area contributed by atoms with Crippen LogP contribution in [0.4, 0.5) is 14.9 Å². The van der Waals surface area contributed by atoms with Crippen molar-refractivity contribution in [3.63, 3.8) is 0 Å². The average Bonchev–Trinajstić information content (AvgIpc) is 2.89. The first kappa shape index (κ1) is 14.3. The number of nitrogens with zero attached hydrogens (tertiary/aromatic N) is 1. The van der Waals surface area contributed by atoms with Crippen molar-refractivity contribution in [1.82, 2.24) is 4.90 Å². The van der Waals surface area contributed by atoms with Gasteiger partial charge in [0.1, 0.15) is 5.82 Å². The molecule has 0 spiro atoms. The van der Waals surface area contributed by atoms with Crippen LogP contribution >= 0.6 is 0 Å². The first-order valence-corrected chi connectivity index (χ1v) is 6.60. The van der Waals surface area contributed by atoms with Crippen LogP contribution in [-0.4, -0.2) is 35.1 Å². The largest absolute Gasteiger partial charge is 0.478 e. The summed E-state index contributed by atoms with van der Waals surface area (Å²) in [5, 5.41) is 11.4. The number of urea groups is 1. The second kappa shape index (κ2) is 5.90. The standard InChI is InChI=1S/C14H17FN2O3/c1-2-9-5-6-17(8-9)14(20)16-10-3-4-12(15)11(7-10)13(18)19/h3-4,7,9H,2,5-6,8H2,1H3,(H,16,20)(H,18,19). The van der Waals surface area contributed by atoms with E-state index in [-0.39, 0.29) is 11.7 Å². The molecule has 2 rings (SSSR count). The SMILES string of the molecule is CCC1CCN(C(=O)Nc2ccc(F)c(C(=O)O)c2)C1. The molecule has 1 fully saturated rings. The second-order valence-corrected chi connectivity index (χ2v) is 4.94. The zero-order valence-corrected chi connectivity index (χ0v) is 11.2. The quantitative estimate of drug-likeness (QED) is 0.894. The number of carbonyl (C=O) groups is 2. The van der Waals surface area contributed by atoms with Crippen LogP contribution in [0.2, 0.25) is 0 Å². The van der Waals surface area contributed by atoms with Gasteiger partial charge < -0.3 is 15.3 Å². The molecule has 5 nitrogen and oxygen atoms in total. The number of rotatable bonds is 3. The van der Waals surface area contributed by atoms with E-state index < -0.39 is 17.3 Å². The van der Waals surface area contributed by atoms with E-state index in [9.17, 15) is 14.0 Å². The van der Waals surface area contributed by atoms with Crippen LogP contribution in [0.3, 0.4) is 0 Å². The van der Waals surface area contributed by atoms with E-state index in [1.54, 1.807) is 4.90 Å². The molecule has 1 aromatic rings. The molecule has 1 unspecified atom stereocenters. The van der Waals surface area contributed by atoms with Crippen molar-refractivity contribution in [3.05, 3.63) is 29.6 Å². The fraction of sp³-hybridized carbons (Fsp3) is 0.429. The molecule has 0 aliphatic carbocycles. The molecule has 6 heteroatoms. The fourth-order valence-electron chi connectivity index (χ4n) is 2.32. The number of carbonyl (C=O) groups excluding carboxylic acids is 1. The van der Waals surface area contributed by atoms with Crippen LogP contribution < -0.4 is 5.32 Å². The van der Waals surface area contributed by atoms with Gasteiger partial charge in [0.2, 0.25) is 0 Å². The van der Waals surface area contributed by atoms with Gasteiger partial charge in [0, 0.05) is 18.8 Å². The van der Waals surface area contributed by atoms with Gasteiger partial charge in [-0.05, 0) is 30.5 Å². The molecule has 108 valence electrons. The fourth-order valence-corrected chi connectivity index (χ4v) is 2.32. The van der Waals surface area contributed by atoms with E-state index in [4.69, 9.17) is 5.11 Å². The number of carboxylic acids is 1. The number of aromatic carboxylic acids is 1. The normalized spacial score (nSPS) is 18.1. The molecular formula is C14H17FN2O3. The van der Waals surface area contributed by atoms with Crippen LogP contribution in [0.1, 0.15) is 30.1 Å². The van der Waals surface area contributed by atoms with E-state index in [0.717, 1.165) is 25.0 Å². The van der Waals surface area contributed by atoms with Gasteiger partial charge in [-0.2, -0.15) is 0 Å². The number of hydrogen-bond acceptors (Lipinski definition) is 2. The van der Waals surface area contributed by atoms with Gasteiger partial charge in [-0.25, -0.2) is 14.0 Å². The summed E-state index contributed by atoms with van der Waals surface area (Å²) in [7, 11) is 0. The summed E-state index contributed by atoms with van der Waals surface area (Å²) in [6, 6.07) is 3.25. The lowest BCUT2D eigenvalue weighted by molar-refractivity contribution is 0.0692. The van der Waals surface area contributed by atoms with Gasteiger partial charge >= 0.3 is 12.0 Å². The van der Waals surface area contributed by atoms with Crippen molar-refractivity contribution >= 4 is 17.7 Å². The highest BCUT2D eigenvalue weighted by atomic mass is 19.1. The van der Waals surface area contributed by atoms with Crippen LogP contribution in [-0.2, 0) is 0 Å². The minimum Gasteiger partial charge on any atom is -0.478 e. The van der Waals surface area contributed by atoms with E-state index in [1.807, 2.05) is 0 Å². The van der Waals surface area contributed by atoms with Gasteiger partial charge in [-0.3, -0.25) is 0 Å². The maximum absolute atomic E-state index is 13.3. The van der Waals surface area contributed by atoms with Crippen molar-refractivity contribution < 1.29 is 19.1 Å². The lowest BCUT2D eigenvalue weighted by atomic mass is 10.1. The molecule has 1 aliphatic rings. The molecule has 0 bridgehead atoms. The smallest absolute Gasteiger partial charge is 0.338 e. The summed E-state index contributed by atoms with van der Waals surface area (Å²) in [5.41, 5.74) is -0.163. The number of anilines is 1. The van der Waals surface area contributed by atoms with Gasteiger partial charge in [0.15, 0.2) is 0 Å². The number of hydrogen-bond donors (Lipinski definition) is 2. The molecule has 1 atom stereocenters. The highest BCUT2D eigenvalue weighted by molar-refractivity contribution is 5.93. The number of halogens is 1. The predicted molar refractivity (Wildman–Crippen MR) is 72.3 cm³/mol. The number of carboxylic acid groups (broad SMARTS) is 1. The van der Waals surface area contributed by atoms with Crippen molar-refractivity contribution in [1.29, 1.82) is 0 Å². The number of nitrogens with one attached hydrogen (secondary N) is 1. The minimum absolute atomic E-state index is 0.274. The topological polar surface area (TPSA) is 69.6 Å². The molecule has 1 aliphatic heterocycles. The summed E-state index contributed by atoms with van der Waals surface area (Å²) >= 11 is 0. The zero-order chi connectivity index (χ0) is 14.7. The van der Waals surface area contributed by atoms with E-state index >= 15 is 0 Å². The molecule has 1 aromatic carbocycles. The van der Waals surface area contributed by atoms with Crippen LogP contribution in [0.5, 0.6) is 0 Å². The monoisotopic (exact) mass is 280 g/mol. The molecule has 0 aromatic heterocycles. The summed E-state index contributed by atoms with van der Waals surface area (Å²) in [4.78, 5) is 24.5. The lowest BCUT2D eigenvalue weighted by Crippen LogP contribution is -2.33. The summed E-state index contributed by atoms with van der Waals surface area (Å²) in [5.74, 6) is -1.66. The van der Waals surface area contributed by atoms with Crippen molar-refractivity contribution in [3.8, 4) is 0 Å². The van der Waals surface area contributed by atoms with E-state index in [2.05, 4.69) is 12.2 Å². The maximum atomic E-state index is 13.3. The molecule has 0 saturated carbocycles. The zero-order valence-electron chi connectivity index (χ0n) is 11.2. The highest BCUT2D eigenvalue weighted by Crippen LogP contribution is 2.21. The second-order valence-electron chi connectivity index (χ2n) is 4.94. The molecule has 2 amide bonds. The Morgan fingerprint density at radius 3 is 2.85 bits per heavy atom. The molecule has 1 saturated heterocycles. The van der Waals surface area contributed by atoms with Crippen molar-refractivity contribution in [2.45, 2.75) is 19.8 Å². The average molecular weight is 280 g/mol. The summed E-state index contributed by atoms with van der Waals surface area (Å²) in [6.45, 7) is 3.48. The Labute approximate surface area is 116 Å². The Balaban J connectivity index is 2.05. The highest BCUT2D eigenvalue weighted by Gasteiger charge is 2.25. The number of benzene rings is 1. The third-order valence-electron chi connectivity index (χ3n) is 3.60. The first-order chi connectivity index (χ1) is 9.51. The van der Waals surface area contributed by atoms with Gasteiger partial charge in [-0.15, -0.1) is 0 Å². The lowest BCUT2D eigenvalue weighted by Gasteiger charge is -2.17. The van der Waals surface area contributed by atoms with Crippen LogP contribution in [0, 0.1) is 11.7 Å². The third kappa shape index (κ3) is 3.07. The van der Waals surface area contributed by atoms with Crippen LogP contribution in [0.25, 0.3) is 0 Å². The Kier molecular flexibility index (Phi) is 4.22. The third-order valence-corrected chi connectivity index (χ3v) is 3.60. The van der Waals surface area contributed by atoms with Gasteiger partial charge in [0.25, 0.3) is 0 Å². The number of amides is 2. The molecule has 20 heavy (non-hydrogen) atoms. The van der Waals surface area contributed by atoms with E-state index in [0.29, 0.717) is 19.0 Å². The maximum Gasteiger partial charge on any atom is 0.338 e. The molecule has 2 N–H and O–H groups in total. The van der Waals surface area contributed by atoms with Crippen LogP contribution in [0.15, 0.2) is 18.2 Å². The Bertz CT molecular complexity index is 533. The number of likely N-dealkylation sites (tertiary alicyclic amines) is 1. The predicted octanol–water partition coefficient (Wildman–Crippen LogP) is 2.79. The summed E-state index contributed by atoms with van der Waals surface area (Å²) in [6.07, 6.45) is 2.01.